The van der Waals surface area contributed by atoms with Crippen molar-refractivity contribution in [3.63, 3.8) is 0 Å². The molecule has 0 aromatic rings. The molecule has 0 spiro atoms. The Bertz CT molecular complexity index is 497. The molecule has 96 valence electrons. The maximum absolute atomic E-state index is 12.2. The van der Waals surface area contributed by atoms with E-state index < -0.39 is 6.04 Å². The number of amidine groups is 2. The normalized spacial score (nSPS) is 23.5. The number of hydrogen-bond donors (Lipinski definition) is 0. The molecule has 0 aliphatic carbocycles. The molecule has 1 atom stereocenters. The number of rotatable bonds is 2. The maximum Gasteiger partial charge on any atom is 0.357 e. The smallest absolute Gasteiger partial charge is 0.269 e. The monoisotopic (exact) mass is 267 g/mol. The van der Waals surface area contributed by atoms with Crippen molar-refractivity contribution in [1.82, 2.24) is 9.80 Å². The number of amides is 3. The second-order valence-corrected chi connectivity index (χ2v) is 4.81. The van der Waals surface area contributed by atoms with Crippen LogP contribution in [0.25, 0.3) is 0 Å². The Morgan fingerprint density at radius 1 is 1.44 bits per heavy atom. The molecule has 2 aliphatic heterocycles. The number of likely N-dealkylation sites (N-methyl/N-ethyl adjacent to an activating group) is 2. The Morgan fingerprint density at radius 2 is 2.11 bits per heavy atom. The summed E-state index contributed by atoms with van der Waals surface area (Å²) in [6, 6.07) is -0.867. The number of carbonyl (C=O) groups excluding carboxylic acids is 2. The summed E-state index contributed by atoms with van der Waals surface area (Å²) in [4.78, 5) is 31.0. The highest BCUT2D eigenvalue weighted by molar-refractivity contribution is 8.13. The van der Waals surface area contributed by atoms with Gasteiger partial charge in [0.05, 0.1) is 0 Å². The number of nitrogens with zero attached hydrogens (tertiary/aromatic N) is 4. The minimum absolute atomic E-state index is 0.247. The number of urea groups is 1. The Hall–Kier alpha value is -1.63. The van der Waals surface area contributed by atoms with Crippen LogP contribution >= 0.6 is 11.8 Å². The largest absolute Gasteiger partial charge is 0.357 e. The van der Waals surface area contributed by atoms with Crippen LogP contribution in [-0.2, 0) is 4.79 Å². The molecule has 0 aromatic carbocycles. The number of thioether (sulfide) groups is 1. The number of imide groups is 1. The quantitative estimate of drug-likeness (QED) is 0.531. The molecule has 0 radical (unpaired) electrons. The van der Waals surface area contributed by atoms with Crippen LogP contribution in [0.4, 0.5) is 4.79 Å². The van der Waals surface area contributed by atoms with Crippen molar-refractivity contribution < 1.29 is 14.2 Å². The van der Waals surface area contributed by atoms with Crippen molar-refractivity contribution >= 4 is 34.7 Å². The first-order chi connectivity index (χ1) is 8.52. The van der Waals surface area contributed by atoms with E-state index in [2.05, 4.69) is 11.6 Å². The highest BCUT2D eigenvalue weighted by Gasteiger charge is 2.52. The highest BCUT2D eigenvalue weighted by atomic mass is 32.2. The van der Waals surface area contributed by atoms with Gasteiger partial charge in [-0.15, -0.1) is 0 Å². The Kier molecular flexibility index (Phi) is 3.25. The van der Waals surface area contributed by atoms with E-state index in [0.29, 0.717) is 12.4 Å². The van der Waals surface area contributed by atoms with E-state index in [4.69, 9.17) is 0 Å². The summed E-state index contributed by atoms with van der Waals surface area (Å²) in [6.45, 7) is 4.21. The van der Waals surface area contributed by atoms with Gasteiger partial charge in [-0.25, -0.2) is 9.37 Å². The minimum Gasteiger partial charge on any atom is -0.269 e. The molecule has 2 aliphatic rings. The number of aliphatic imine (C=N–C) groups is 1. The predicted molar refractivity (Wildman–Crippen MR) is 71.0 cm³/mol. The Balaban J connectivity index is 2.47. The van der Waals surface area contributed by atoms with Crippen LogP contribution in [-0.4, -0.2) is 70.3 Å². The van der Waals surface area contributed by atoms with Gasteiger partial charge in [0.1, 0.15) is 6.54 Å². The topological polar surface area (TPSA) is 56.0 Å². The van der Waals surface area contributed by atoms with Crippen LogP contribution in [0.2, 0.25) is 0 Å². The molecular weight excluding hydrogens is 252 g/mol. The van der Waals surface area contributed by atoms with E-state index >= 15 is 0 Å². The zero-order chi connectivity index (χ0) is 13.4. The second kappa shape index (κ2) is 4.56. The Morgan fingerprint density at radius 3 is 2.67 bits per heavy atom. The van der Waals surface area contributed by atoms with Gasteiger partial charge >= 0.3 is 11.2 Å². The fraction of sp³-hybridized carbons (Fsp3) is 0.455. The molecule has 2 rings (SSSR count). The van der Waals surface area contributed by atoms with Crippen LogP contribution in [0.15, 0.2) is 17.6 Å². The summed E-state index contributed by atoms with van der Waals surface area (Å²) in [5.74, 6) is 0.247. The van der Waals surface area contributed by atoms with E-state index in [0.717, 1.165) is 10.1 Å². The average Bonchev–Trinajstić information content (AvgIpc) is 2.73. The second-order valence-electron chi connectivity index (χ2n) is 4.04. The number of carbonyl (C=O) groups is 2. The molecule has 1 fully saturated rings. The van der Waals surface area contributed by atoms with Gasteiger partial charge in [-0.3, -0.25) is 14.6 Å². The lowest BCUT2D eigenvalue weighted by atomic mass is 10.1. The van der Waals surface area contributed by atoms with Crippen LogP contribution in [0.1, 0.15) is 0 Å². The van der Waals surface area contributed by atoms with Gasteiger partial charge in [-0.2, -0.15) is 0 Å². The van der Waals surface area contributed by atoms with Gasteiger partial charge < -0.3 is 0 Å². The highest BCUT2D eigenvalue weighted by Crippen LogP contribution is 2.21. The number of hydrogen-bond acceptors (Lipinski definition) is 4. The van der Waals surface area contributed by atoms with Crippen molar-refractivity contribution in [2.24, 2.45) is 4.99 Å². The molecule has 0 aromatic heterocycles. The zero-order valence-electron chi connectivity index (χ0n) is 10.6. The van der Waals surface area contributed by atoms with Crippen LogP contribution in [0.3, 0.4) is 0 Å². The molecule has 3 amide bonds. The fourth-order valence-electron chi connectivity index (χ4n) is 2.06. The van der Waals surface area contributed by atoms with E-state index in [1.165, 1.54) is 23.7 Å². The van der Waals surface area contributed by atoms with Gasteiger partial charge in [-0.1, -0.05) is 12.7 Å². The lowest BCUT2D eigenvalue weighted by Crippen LogP contribution is -2.61. The van der Waals surface area contributed by atoms with Crippen molar-refractivity contribution in [3.05, 3.63) is 12.7 Å². The average molecular weight is 267 g/mol. The standard InChI is InChI=1S/C11H15N4O2S/c1-5-6-15-7-8(12-10(15)18-4)13(2)11(17)14(3)9(7)16/h5,7H,1,6H2,2-4H3/q+1. The van der Waals surface area contributed by atoms with E-state index in [1.807, 2.05) is 10.8 Å². The van der Waals surface area contributed by atoms with Crippen molar-refractivity contribution in [1.29, 1.82) is 0 Å². The molecule has 6 nitrogen and oxygen atoms in total. The molecule has 7 heteroatoms. The maximum atomic E-state index is 12.2. The first-order valence-electron chi connectivity index (χ1n) is 5.45. The van der Waals surface area contributed by atoms with E-state index in [1.54, 1.807) is 13.1 Å². The van der Waals surface area contributed by atoms with Crippen LogP contribution < -0.4 is 0 Å². The molecule has 0 bridgehead atoms. The first-order valence-corrected chi connectivity index (χ1v) is 6.67. The van der Waals surface area contributed by atoms with Crippen LogP contribution in [0.5, 0.6) is 0 Å². The van der Waals surface area contributed by atoms with Crippen molar-refractivity contribution in [3.8, 4) is 0 Å². The van der Waals surface area contributed by atoms with Gasteiger partial charge in [-0.05, 0) is 23.0 Å². The summed E-state index contributed by atoms with van der Waals surface area (Å²) >= 11 is 1.45. The lowest BCUT2D eigenvalue weighted by molar-refractivity contribution is -0.522. The van der Waals surface area contributed by atoms with Crippen molar-refractivity contribution in [2.45, 2.75) is 6.04 Å². The van der Waals surface area contributed by atoms with E-state index in [9.17, 15) is 9.59 Å². The van der Waals surface area contributed by atoms with Gasteiger partial charge in [0, 0.05) is 14.1 Å². The van der Waals surface area contributed by atoms with Crippen molar-refractivity contribution in [2.75, 3.05) is 26.9 Å². The summed E-state index contributed by atoms with van der Waals surface area (Å²) in [7, 11) is 3.12. The third kappa shape index (κ3) is 1.66. The summed E-state index contributed by atoms with van der Waals surface area (Å²) in [6.07, 6.45) is 3.61. The molecule has 1 saturated heterocycles. The minimum atomic E-state index is -0.516. The molecule has 18 heavy (non-hydrogen) atoms. The summed E-state index contributed by atoms with van der Waals surface area (Å²) in [5, 5.41) is 0.734. The number of fused-ring (bicyclic) bond motifs is 1. The third-order valence-electron chi connectivity index (χ3n) is 3.00. The molecule has 0 saturated carbocycles. The SMILES string of the molecule is C=CC[N+]1=C(SC)N=C2C1C(=O)N(C)C(=O)N2C. The summed E-state index contributed by atoms with van der Waals surface area (Å²) < 4.78 is 1.86. The zero-order valence-corrected chi connectivity index (χ0v) is 11.4. The molecular formula is C11H15N4O2S+. The molecule has 0 N–H and O–H groups in total. The molecule has 1 unspecified atom stereocenters. The fourth-order valence-corrected chi connectivity index (χ4v) is 2.66. The molecule has 2 heterocycles. The van der Waals surface area contributed by atoms with Gasteiger partial charge in [0.2, 0.25) is 0 Å². The van der Waals surface area contributed by atoms with E-state index in [-0.39, 0.29) is 11.9 Å². The third-order valence-corrected chi connectivity index (χ3v) is 3.69. The predicted octanol–water partition coefficient (Wildman–Crippen LogP) is 0.208. The van der Waals surface area contributed by atoms with Gasteiger partial charge in [0.25, 0.3) is 17.8 Å². The Labute approximate surface area is 110 Å². The van der Waals surface area contributed by atoms with Gasteiger partial charge in [0.15, 0.2) is 0 Å². The summed E-state index contributed by atoms with van der Waals surface area (Å²) in [5.41, 5.74) is 0. The first kappa shape index (κ1) is 12.8. The lowest BCUT2D eigenvalue weighted by Gasteiger charge is -2.30. The van der Waals surface area contributed by atoms with Crippen LogP contribution in [0, 0.1) is 0 Å².